The maximum Gasteiger partial charge on any atom is 0.222 e. The molecule has 0 saturated heterocycles. The van der Waals surface area contributed by atoms with Crippen LogP contribution in [0.4, 0.5) is 0 Å². The largest absolute Gasteiger partial charge is 0.491 e. The fraction of sp³-hybridized carbons (Fsp3) is 0.417. The molecule has 0 saturated carbocycles. The highest BCUT2D eigenvalue weighted by atomic mass is 79.9. The summed E-state index contributed by atoms with van der Waals surface area (Å²) in [5, 5.41) is 2.79. The van der Waals surface area contributed by atoms with Crippen LogP contribution in [0.25, 0.3) is 0 Å². The molecule has 0 bridgehead atoms. The summed E-state index contributed by atoms with van der Waals surface area (Å²) in [5.41, 5.74) is 0. The van der Waals surface area contributed by atoms with E-state index in [2.05, 4.69) is 21.2 Å². The second-order valence-corrected chi connectivity index (χ2v) is 4.58. The fourth-order valence-corrected chi connectivity index (χ4v) is 1.50. The van der Waals surface area contributed by atoms with Crippen LogP contribution in [0.1, 0.15) is 13.8 Å². The molecule has 0 aliphatic carbocycles. The molecule has 0 spiro atoms. The van der Waals surface area contributed by atoms with Gasteiger partial charge in [-0.2, -0.15) is 0 Å². The molecule has 1 aromatic rings. The van der Waals surface area contributed by atoms with E-state index in [0.29, 0.717) is 13.2 Å². The Morgan fingerprint density at radius 2 is 2.12 bits per heavy atom. The lowest BCUT2D eigenvalue weighted by Crippen LogP contribution is -2.31. The molecule has 0 fully saturated rings. The Bertz CT molecular complexity index is 353. The van der Waals surface area contributed by atoms with Crippen LogP contribution in [0.2, 0.25) is 0 Å². The first-order valence-electron chi connectivity index (χ1n) is 5.26. The van der Waals surface area contributed by atoms with Crippen LogP contribution in [-0.4, -0.2) is 19.1 Å². The molecule has 0 aliphatic rings. The van der Waals surface area contributed by atoms with E-state index >= 15 is 0 Å². The number of ether oxygens (including phenoxy) is 1. The zero-order valence-electron chi connectivity index (χ0n) is 9.50. The van der Waals surface area contributed by atoms with Crippen molar-refractivity contribution in [2.24, 2.45) is 5.92 Å². The quantitative estimate of drug-likeness (QED) is 0.845. The lowest BCUT2D eigenvalue weighted by atomic mass is 10.2. The lowest BCUT2D eigenvalue weighted by molar-refractivity contribution is -0.124. The van der Waals surface area contributed by atoms with Crippen LogP contribution in [0.5, 0.6) is 5.75 Å². The smallest absolute Gasteiger partial charge is 0.222 e. The molecule has 0 aromatic heterocycles. The van der Waals surface area contributed by atoms with E-state index < -0.39 is 0 Å². The monoisotopic (exact) mass is 285 g/mol. The first-order valence-corrected chi connectivity index (χ1v) is 6.05. The third-order valence-electron chi connectivity index (χ3n) is 2.02. The number of hydrogen-bond donors (Lipinski definition) is 1. The van der Waals surface area contributed by atoms with Gasteiger partial charge in [-0.25, -0.2) is 0 Å². The van der Waals surface area contributed by atoms with Crippen molar-refractivity contribution in [1.29, 1.82) is 0 Å². The van der Waals surface area contributed by atoms with Crippen molar-refractivity contribution in [1.82, 2.24) is 5.32 Å². The molecule has 0 heterocycles. The van der Waals surface area contributed by atoms with Crippen molar-refractivity contribution >= 4 is 21.8 Å². The van der Waals surface area contributed by atoms with E-state index in [1.54, 1.807) is 0 Å². The van der Waals surface area contributed by atoms with E-state index in [0.717, 1.165) is 10.2 Å². The van der Waals surface area contributed by atoms with Crippen molar-refractivity contribution in [3.8, 4) is 5.75 Å². The molecule has 1 aromatic carbocycles. The van der Waals surface area contributed by atoms with Crippen molar-refractivity contribution in [2.45, 2.75) is 13.8 Å². The Morgan fingerprint density at radius 1 is 1.44 bits per heavy atom. The van der Waals surface area contributed by atoms with Crippen molar-refractivity contribution < 1.29 is 9.53 Å². The summed E-state index contributed by atoms with van der Waals surface area (Å²) >= 11 is 3.39. The van der Waals surface area contributed by atoms with E-state index in [1.807, 2.05) is 38.1 Å². The molecule has 88 valence electrons. The van der Waals surface area contributed by atoms with Gasteiger partial charge in [-0.1, -0.05) is 26.0 Å². The van der Waals surface area contributed by atoms with E-state index in [4.69, 9.17) is 4.74 Å². The average Bonchev–Trinajstić information content (AvgIpc) is 2.26. The predicted molar refractivity (Wildman–Crippen MR) is 67.5 cm³/mol. The van der Waals surface area contributed by atoms with Gasteiger partial charge in [0.2, 0.25) is 5.91 Å². The van der Waals surface area contributed by atoms with Gasteiger partial charge in [0.25, 0.3) is 0 Å². The second-order valence-electron chi connectivity index (χ2n) is 3.72. The summed E-state index contributed by atoms with van der Waals surface area (Å²) in [6.45, 7) is 4.73. The highest BCUT2D eigenvalue weighted by molar-refractivity contribution is 9.10. The van der Waals surface area contributed by atoms with Crippen molar-refractivity contribution in [2.75, 3.05) is 13.2 Å². The topological polar surface area (TPSA) is 38.3 Å². The van der Waals surface area contributed by atoms with Gasteiger partial charge in [0.1, 0.15) is 12.4 Å². The van der Waals surface area contributed by atoms with E-state index in [1.165, 1.54) is 0 Å². The number of amides is 1. The second kappa shape index (κ2) is 6.53. The first-order chi connectivity index (χ1) is 7.61. The molecule has 1 amide bonds. The Hall–Kier alpha value is -1.03. The van der Waals surface area contributed by atoms with Crippen LogP contribution in [-0.2, 0) is 4.79 Å². The highest BCUT2D eigenvalue weighted by Crippen LogP contribution is 2.23. The number of nitrogens with one attached hydrogen (secondary N) is 1. The zero-order chi connectivity index (χ0) is 12.0. The summed E-state index contributed by atoms with van der Waals surface area (Å²) in [4.78, 5) is 11.2. The molecule has 0 aliphatic heterocycles. The van der Waals surface area contributed by atoms with Crippen LogP contribution in [0.3, 0.4) is 0 Å². The van der Waals surface area contributed by atoms with Gasteiger partial charge < -0.3 is 10.1 Å². The molecule has 0 radical (unpaired) electrons. The summed E-state index contributed by atoms with van der Waals surface area (Å²) in [6.07, 6.45) is 0. The lowest BCUT2D eigenvalue weighted by Gasteiger charge is -2.10. The zero-order valence-corrected chi connectivity index (χ0v) is 11.1. The van der Waals surface area contributed by atoms with Crippen molar-refractivity contribution in [3.63, 3.8) is 0 Å². The Morgan fingerprint density at radius 3 is 2.75 bits per heavy atom. The number of carbonyl (C=O) groups excluding carboxylic acids is 1. The minimum atomic E-state index is 0.0171. The SMILES string of the molecule is CC(C)C(=O)NCCOc1ccccc1Br. The number of hydrogen-bond acceptors (Lipinski definition) is 2. The molecule has 1 N–H and O–H groups in total. The maximum atomic E-state index is 11.2. The third kappa shape index (κ3) is 4.23. The summed E-state index contributed by atoms with van der Waals surface area (Å²) in [5.74, 6) is 0.862. The van der Waals surface area contributed by atoms with Gasteiger partial charge in [0, 0.05) is 5.92 Å². The predicted octanol–water partition coefficient (Wildman–Crippen LogP) is 2.60. The standard InChI is InChI=1S/C12H16BrNO2/c1-9(2)12(15)14-7-8-16-11-6-4-3-5-10(11)13/h3-6,9H,7-8H2,1-2H3,(H,14,15). The molecular formula is C12H16BrNO2. The number of rotatable bonds is 5. The summed E-state index contributed by atoms with van der Waals surface area (Å²) in [7, 11) is 0. The van der Waals surface area contributed by atoms with E-state index in [9.17, 15) is 4.79 Å². The van der Waals surface area contributed by atoms with Crippen LogP contribution < -0.4 is 10.1 Å². The van der Waals surface area contributed by atoms with Gasteiger partial charge in [0.05, 0.1) is 11.0 Å². The molecule has 1 rings (SSSR count). The van der Waals surface area contributed by atoms with Gasteiger partial charge >= 0.3 is 0 Å². The van der Waals surface area contributed by atoms with Crippen LogP contribution >= 0.6 is 15.9 Å². The fourth-order valence-electron chi connectivity index (χ4n) is 1.10. The van der Waals surface area contributed by atoms with Crippen LogP contribution in [0, 0.1) is 5.92 Å². The molecule has 3 nitrogen and oxygen atoms in total. The molecule has 0 unspecified atom stereocenters. The number of halogens is 1. The highest BCUT2D eigenvalue weighted by Gasteiger charge is 2.05. The van der Waals surface area contributed by atoms with Crippen LogP contribution in [0.15, 0.2) is 28.7 Å². The molecular weight excluding hydrogens is 270 g/mol. The maximum absolute atomic E-state index is 11.2. The third-order valence-corrected chi connectivity index (χ3v) is 2.68. The molecule has 4 heteroatoms. The van der Waals surface area contributed by atoms with Crippen molar-refractivity contribution in [3.05, 3.63) is 28.7 Å². The van der Waals surface area contributed by atoms with Gasteiger partial charge in [-0.3, -0.25) is 4.79 Å². The minimum Gasteiger partial charge on any atom is -0.491 e. The van der Waals surface area contributed by atoms with Gasteiger partial charge in [-0.05, 0) is 28.1 Å². The number of benzene rings is 1. The van der Waals surface area contributed by atoms with Gasteiger partial charge in [-0.15, -0.1) is 0 Å². The summed E-state index contributed by atoms with van der Waals surface area (Å²) < 4.78 is 6.43. The van der Waals surface area contributed by atoms with E-state index in [-0.39, 0.29) is 11.8 Å². The molecule has 16 heavy (non-hydrogen) atoms. The minimum absolute atomic E-state index is 0.0171. The van der Waals surface area contributed by atoms with Gasteiger partial charge in [0.15, 0.2) is 0 Å². The summed E-state index contributed by atoms with van der Waals surface area (Å²) in [6, 6.07) is 7.64. The molecule has 0 atom stereocenters. The first kappa shape index (κ1) is 13.0. The Kier molecular flexibility index (Phi) is 5.32. The Balaban J connectivity index is 2.26. The Labute approximate surface area is 104 Å². The number of carbonyl (C=O) groups is 1. The average molecular weight is 286 g/mol. The number of para-hydroxylation sites is 1. The normalized spacial score (nSPS) is 10.2.